The number of guanidine groups is 1. The number of hydrogen-bond donors (Lipinski definition) is 2. The van der Waals surface area contributed by atoms with Crippen LogP contribution in [-0.4, -0.2) is 49.8 Å². The summed E-state index contributed by atoms with van der Waals surface area (Å²) in [6.45, 7) is 2.14. The highest BCUT2D eigenvalue weighted by molar-refractivity contribution is 5.79. The minimum Gasteiger partial charge on any atom is -0.484 e. The van der Waals surface area contributed by atoms with Gasteiger partial charge in [-0.05, 0) is 36.1 Å². The Balaban J connectivity index is 1.42. The molecule has 1 saturated heterocycles. The van der Waals surface area contributed by atoms with E-state index in [2.05, 4.69) is 44.8 Å². The van der Waals surface area contributed by atoms with Gasteiger partial charge in [-0.2, -0.15) is 13.2 Å². The molecule has 0 unspecified atom stereocenters. The summed E-state index contributed by atoms with van der Waals surface area (Å²) >= 11 is 0. The molecule has 1 heterocycles. The summed E-state index contributed by atoms with van der Waals surface area (Å²) in [7, 11) is 1.71. The summed E-state index contributed by atoms with van der Waals surface area (Å²) in [4.78, 5) is 6.73. The molecule has 31 heavy (non-hydrogen) atoms. The summed E-state index contributed by atoms with van der Waals surface area (Å²) in [5.41, 5.74) is 2.15. The first-order valence-electron chi connectivity index (χ1n) is 10.4. The summed E-state index contributed by atoms with van der Waals surface area (Å²) in [6, 6.07) is 17.4. The maximum atomic E-state index is 12.3. The number of nitrogens with one attached hydrogen (secondary N) is 2. The van der Waals surface area contributed by atoms with E-state index in [0.717, 1.165) is 38.0 Å². The van der Waals surface area contributed by atoms with Crippen LogP contribution in [-0.2, 0) is 13.1 Å². The first kappa shape index (κ1) is 22.9. The molecule has 0 spiro atoms. The largest absolute Gasteiger partial charge is 0.484 e. The molecule has 0 saturated carbocycles. The number of nitrogens with zero attached hydrogens (tertiary/aromatic N) is 2. The molecule has 0 amide bonds. The van der Waals surface area contributed by atoms with Gasteiger partial charge in [0.15, 0.2) is 12.6 Å². The maximum absolute atomic E-state index is 12.3. The third-order valence-corrected chi connectivity index (χ3v) is 5.16. The molecule has 1 fully saturated rings. The van der Waals surface area contributed by atoms with Crippen molar-refractivity contribution in [3.8, 4) is 5.75 Å². The van der Waals surface area contributed by atoms with E-state index in [1.165, 1.54) is 11.6 Å². The van der Waals surface area contributed by atoms with Gasteiger partial charge >= 0.3 is 6.18 Å². The van der Waals surface area contributed by atoms with E-state index in [1.54, 1.807) is 19.2 Å². The fourth-order valence-corrected chi connectivity index (χ4v) is 3.56. The van der Waals surface area contributed by atoms with Crippen LogP contribution in [0.25, 0.3) is 0 Å². The topological polar surface area (TPSA) is 48.9 Å². The van der Waals surface area contributed by atoms with Crippen LogP contribution >= 0.6 is 0 Å². The number of halogens is 3. The summed E-state index contributed by atoms with van der Waals surface area (Å²) < 4.78 is 41.8. The van der Waals surface area contributed by atoms with Gasteiger partial charge in [0.2, 0.25) is 0 Å². The number of alkyl halides is 3. The minimum absolute atomic E-state index is 0.199. The number of rotatable bonds is 7. The molecule has 2 aromatic carbocycles. The van der Waals surface area contributed by atoms with Crippen LogP contribution < -0.4 is 15.4 Å². The Morgan fingerprint density at radius 1 is 1.06 bits per heavy atom. The van der Waals surface area contributed by atoms with E-state index >= 15 is 0 Å². The summed E-state index contributed by atoms with van der Waals surface area (Å²) in [6.07, 6.45) is -2.31. The second kappa shape index (κ2) is 11.0. The molecule has 0 atom stereocenters. The molecule has 2 N–H and O–H groups in total. The van der Waals surface area contributed by atoms with Gasteiger partial charge in [0, 0.05) is 39.3 Å². The Kier molecular flexibility index (Phi) is 8.17. The molecule has 168 valence electrons. The minimum atomic E-state index is -4.35. The summed E-state index contributed by atoms with van der Waals surface area (Å²) in [5.74, 6) is 0.883. The zero-order valence-corrected chi connectivity index (χ0v) is 17.7. The Morgan fingerprint density at radius 2 is 1.77 bits per heavy atom. The second-order valence-electron chi connectivity index (χ2n) is 7.66. The standard InChI is InChI=1S/C23H29F3N4O/c1-27-22(28-15-19-8-5-9-21(14-19)31-17-23(24,25)26)29-20-10-12-30(13-11-20)16-18-6-3-2-4-7-18/h2-9,14,20H,10-13,15-17H2,1H3,(H2,27,28,29). The zero-order valence-electron chi connectivity index (χ0n) is 17.7. The zero-order chi connectivity index (χ0) is 22.1. The first-order valence-corrected chi connectivity index (χ1v) is 10.4. The number of aliphatic imine (C=N–C) groups is 1. The highest BCUT2D eigenvalue weighted by Gasteiger charge is 2.28. The second-order valence-corrected chi connectivity index (χ2v) is 7.66. The van der Waals surface area contributed by atoms with Crippen molar-refractivity contribution < 1.29 is 17.9 Å². The lowest BCUT2D eigenvalue weighted by Crippen LogP contribution is -2.48. The van der Waals surface area contributed by atoms with Crippen LogP contribution in [0.4, 0.5) is 13.2 Å². The number of benzene rings is 2. The smallest absolute Gasteiger partial charge is 0.422 e. The lowest BCUT2D eigenvalue weighted by Gasteiger charge is -2.33. The van der Waals surface area contributed by atoms with Crippen LogP contribution in [0.2, 0.25) is 0 Å². The van der Waals surface area contributed by atoms with Gasteiger partial charge in [-0.15, -0.1) is 0 Å². The van der Waals surface area contributed by atoms with Crippen molar-refractivity contribution in [1.29, 1.82) is 0 Å². The Morgan fingerprint density at radius 3 is 2.45 bits per heavy atom. The molecule has 0 aliphatic carbocycles. The van der Waals surface area contributed by atoms with Crippen molar-refractivity contribution in [2.45, 2.75) is 38.1 Å². The Bertz CT molecular complexity index is 834. The molecular formula is C23H29F3N4O. The van der Waals surface area contributed by atoms with Crippen molar-refractivity contribution in [2.75, 3.05) is 26.7 Å². The predicted molar refractivity (Wildman–Crippen MR) is 116 cm³/mol. The van der Waals surface area contributed by atoms with E-state index in [1.807, 2.05) is 12.1 Å². The molecule has 1 aliphatic rings. The molecule has 2 aromatic rings. The molecule has 5 nitrogen and oxygen atoms in total. The Labute approximate surface area is 181 Å². The highest BCUT2D eigenvalue weighted by Crippen LogP contribution is 2.19. The van der Waals surface area contributed by atoms with Crippen molar-refractivity contribution >= 4 is 5.96 Å². The first-order chi connectivity index (χ1) is 14.9. The van der Waals surface area contributed by atoms with Crippen molar-refractivity contribution in [1.82, 2.24) is 15.5 Å². The van der Waals surface area contributed by atoms with Gasteiger partial charge in [0.05, 0.1) is 0 Å². The third kappa shape index (κ3) is 8.13. The highest BCUT2D eigenvalue weighted by atomic mass is 19.4. The number of likely N-dealkylation sites (tertiary alicyclic amines) is 1. The van der Waals surface area contributed by atoms with Gasteiger partial charge in [0.25, 0.3) is 0 Å². The number of hydrogen-bond acceptors (Lipinski definition) is 3. The molecule has 8 heteroatoms. The SMILES string of the molecule is CN=C(NCc1cccc(OCC(F)(F)F)c1)NC1CCN(Cc2ccccc2)CC1. The predicted octanol–water partition coefficient (Wildman–Crippen LogP) is 3.96. The maximum Gasteiger partial charge on any atom is 0.422 e. The van der Waals surface area contributed by atoms with E-state index in [-0.39, 0.29) is 5.75 Å². The van der Waals surface area contributed by atoms with Crippen molar-refractivity contribution in [3.05, 3.63) is 65.7 Å². The number of ether oxygens (including phenoxy) is 1. The van der Waals surface area contributed by atoms with Crippen molar-refractivity contribution in [2.24, 2.45) is 4.99 Å². The molecule has 0 radical (unpaired) electrons. The fourth-order valence-electron chi connectivity index (χ4n) is 3.56. The third-order valence-electron chi connectivity index (χ3n) is 5.16. The average molecular weight is 435 g/mol. The Hall–Kier alpha value is -2.74. The van der Waals surface area contributed by atoms with Crippen molar-refractivity contribution in [3.63, 3.8) is 0 Å². The molecule has 1 aliphatic heterocycles. The van der Waals surface area contributed by atoms with Crippen LogP contribution in [0.5, 0.6) is 5.75 Å². The van der Waals surface area contributed by atoms with Crippen LogP contribution in [0, 0.1) is 0 Å². The normalized spacial score (nSPS) is 16.2. The van der Waals surface area contributed by atoms with Crippen LogP contribution in [0.3, 0.4) is 0 Å². The van der Waals surface area contributed by atoms with Crippen LogP contribution in [0.15, 0.2) is 59.6 Å². The lowest BCUT2D eigenvalue weighted by molar-refractivity contribution is -0.153. The number of piperidine rings is 1. The van der Waals surface area contributed by atoms with Gasteiger partial charge in [-0.3, -0.25) is 9.89 Å². The molecule has 0 aromatic heterocycles. The van der Waals surface area contributed by atoms with E-state index in [0.29, 0.717) is 18.5 Å². The average Bonchev–Trinajstić information content (AvgIpc) is 2.77. The van der Waals surface area contributed by atoms with E-state index in [9.17, 15) is 13.2 Å². The monoisotopic (exact) mass is 434 g/mol. The molecule has 0 bridgehead atoms. The lowest BCUT2D eigenvalue weighted by atomic mass is 10.0. The summed E-state index contributed by atoms with van der Waals surface area (Å²) in [5, 5.41) is 6.68. The van der Waals surface area contributed by atoms with E-state index < -0.39 is 12.8 Å². The molecular weight excluding hydrogens is 405 g/mol. The van der Waals surface area contributed by atoms with Gasteiger partial charge in [-0.1, -0.05) is 42.5 Å². The fraction of sp³-hybridized carbons (Fsp3) is 0.435. The molecule has 3 rings (SSSR count). The van der Waals surface area contributed by atoms with Crippen LogP contribution in [0.1, 0.15) is 24.0 Å². The van der Waals surface area contributed by atoms with Gasteiger partial charge in [0.1, 0.15) is 5.75 Å². The quantitative estimate of drug-likeness (QED) is 0.512. The van der Waals surface area contributed by atoms with Gasteiger partial charge < -0.3 is 15.4 Å². The van der Waals surface area contributed by atoms with E-state index in [4.69, 9.17) is 4.74 Å². The van der Waals surface area contributed by atoms with Gasteiger partial charge in [-0.25, -0.2) is 0 Å².